The number of aromatic nitrogens is 2. The lowest BCUT2D eigenvalue weighted by atomic mass is 9.78. The fourth-order valence-corrected chi connectivity index (χ4v) is 1.80. The van der Waals surface area contributed by atoms with Gasteiger partial charge in [-0.05, 0) is 37.3 Å². The van der Waals surface area contributed by atoms with E-state index in [1.165, 1.54) is 0 Å². The van der Waals surface area contributed by atoms with E-state index in [0.717, 1.165) is 31.5 Å². The van der Waals surface area contributed by atoms with Gasteiger partial charge in [0.15, 0.2) is 0 Å². The summed E-state index contributed by atoms with van der Waals surface area (Å²) in [6.45, 7) is 5.16. The van der Waals surface area contributed by atoms with Crippen LogP contribution in [0.15, 0.2) is 12.3 Å². The van der Waals surface area contributed by atoms with Crippen LogP contribution in [0, 0.1) is 5.41 Å². The first-order valence-electron chi connectivity index (χ1n) is 5.34. The monoisotopic (exact) mass is 195 g/mol. The molecular formula is C11H21N3. The van der Waals surface area contributed by atoms with Crippen molar-refractivity contribution in [2.75, 3.05) is 6.54 Å². The second kappa shape index (κ2) is 4.60. The molecule has 0 fully saturated rings. The van der Waals surface area contributed by atoms with Crippen LogP contribution in [-0.2, 0) is 13.5 Å². The maximum atomic E-state index is 5.85. The summed E-state index contributed by atoms with van der Waals surface area (Å²) in [5.74, 6) is 0. The Balaban J connectivity index is 2.73. The zero-order valence-corrected chi connectivity index (χ0v) is 9.45. The molecule has 1 aromatic rings. The summed E-state index contributed by atoms with van der Waals surface area (Å²) < 4.78 is 1.85. The largest absolute Gasteiger partial charge is 0.330 e. The highest BCUT2D eigenvalue weighted by Crippen LogP contribution is 2.28. The zero-order chi connectivity index (χ0) is 10.6. The normalized spacial score (nSPS) is 12.0. The van der Waals surface area contributed by atoms with Crippen molar-refractivity contribution in [2.45, 2.75) is 33.1 Å². The number of nitrogens with two attached hydrogens (primary N) is 1. The van der Waals surface area contributed by atoms with E-state index in [0.29, 0.717) is 0 Å². The molecule has 0 amide bonds. The topological polar surface area (TPSA) is 43.8 Å². The number of rotatable bonds is 5. The third-order valence-electron chi connectivity index (χ3n) is 3.26. The summed E-state index contributed by atoms with van der Waals surface area (Å²) in [5, 5.41) is 4.40. The van der Waals surface area contributed by atoms with Crippen molar-refractivity contribution in [3.8, 4) is 0 Å². The van der Waals surface area contributed by atoms with E-state index in [1.54, 1.807) is 0 Å². The van der Waals surface area contributed by atoms with Crippen LogP contribution >= 0.6 is 0 Å². The Morgan fingerprint density at radius 3 is 2.43 bits per heavy atom. The molecule has 1 heterocycles. The Hall–Kier alpha value is -0.830. The van der Waals surface area contributed by atoms with Crippen molar-refractivity contribution < 1.29 is 0 Å². The Labute approximate surface area is 86.3 Å². The zero-order valence-electron chi connectivity index (χ0n) is 9.45. The number of hydrogen-bond donors (Lipinski definition) is 1. The lowest BCUT2D eigenvalue weighted by Gasteiger charge is -2.29. The van der Waals surface area contributed by atoms with Crippen LogP contribution in [0.2, 0.25) is 0 Å². The highest BCUT2D eigenvalue weighted by molar-refractivity contribution is 5.03. The third kappa shape index (κ3) is 2.35. The Bertz CT molecular complexity index is 266. The van der Waals surface area contributed by atoms with Gasteiger partial charge in [-0.15, -0.1) is 0 Å². The van der Waals surface area contributed by atoms with Crippen molar-refractivity contribution in [3.05, 3.63) is 18.0 Å². The summed E-state index contributed by atoms with van der Waals surface area (Å²) in [6, 6.07) is 2.08. The van der Waals surface area contributed by atoms with Crippen molar-refractivity contribution in [1.82, 2.24) is 9.78 Å². The van der Waals surface area contributed by atoms with Crippen molar-refractivity contribution >= 4 is 0 Å². The smallest absolute Gasteiger partial charge is 0.0630 e. The van der Waals surface area contributed by atoms with Crippen molar-refractivity contribution in [2.24, 2.45) is 18.2 Å². The first-order valence-corrected chi connectivity index (χ1v) is 5.34. The summed E-state index contributed by atoms with van der Waals surface area (Å²) in [6.07, 6.45) is 5.23. The standard InChI is InChI=1S/C11H21N3/c1-4-11(5-2,9-12)8-10-6-7-14(3)13-10/h6-7H,4-5,8-9,12H2,1-3H3. The van der Waals surface area contributed by atoms with E-state index < -0.39 is 0 Å². The molecule has 0 saturated carbocycles. The highest BCUT2D eigenvalue weighted by Gasteiger charge is 2.25. The van der Waals surface area contributed by atoms with Gasteiger partial charge in [0.2, 0.25) is 0 Å². The van der Waals surface area contributed by atoms with Crippen LogP contribution in [-0.4, -0.2) is 16.3 Å². The average molecular weight is 195 g/mol. The van der Waals surface area contributed by atoms with E-state index >= 15 is 0 Å². The SMILES string of the molecule is CCC(CC)(CN)Cc1ccn(C)n1. The molecular weight excluding hydrogens is 174 g/mol. The molecule has 1 aromatic heterocycles. The van der Waals surface area contributed by atoms with Crippen molar-refractivity contribution in [1.29, 1.82) is 0 Å². The molecule has 2 N–H and O–H groups in total. The maximum absolute atomic E-state index is 5.85. The molecule has 0 aliphatic heterocycles. The Morgan fingerprint density at radius 2 is 2.07 bits per heavy atom. The van der Waals surface area contributed by atoms with Crippen LogP contribution in [0.5, 0.6) is 0 Å². The molecule has 0 unspecified atom stereocenters. The van der Waals surface area contributed by atoms with Gasteiger partial charge < -0.3 is 5.73 Å². The number of aryl methyl sites for hydroxylation is 1. The molecule has 0 aliphatic rings. The molecule has 1 rings (SSSR count). The first-order chi connectivity index (χ1) is 6.65. The quantitative estimate of drug-likeness (QED) is 0.777. The Morgan fingerprint density at radius 1 is 1.43 bits per heavy atom. The summed E-state index contributed by atoms with van der Waals surface area (Å²) >= 11 is 0. The molecule has 0 aromatic carbocycles. The van der Waals surface area contributed by atoms with Crippen molar-refractivity contribution in [3.63, 3.8) is 0 Å². The molecule has 0 radical (unpaired) electrons. The van der Waals surface area contributed by atoms with Gasteiger partial charge in [-0.3, -0.25) is 4.68 Å². The van der Waals surface area contributed by atoms with Crippen LogP contribution in [0.1, 0.15) is 32.4 Å². The van der Waals surface area contributed by atoms with Crippen LogP contribution in [0.25, 0.3) is 0 Å². The lowest BCUT2D eigenvalue weighted by Crippen LogP contribution is -2.31. The molecule has 80 valence electrons. The van der Waals surface area contributed by atoms with E-state index in [2.05, 4.69) is 25.0 Å². The molecule has 0 aliphatic carbocycles. The van der Waals surface area contributed by atoms with Crippen LogP contribution in [0.3, 0.4) is 0 Å². The molecule has 3 nitrogen and oxygen atoms in total. The maximum Gasteiger partial charge on any atom is 0.0630 e. The molecule has 0 saturated heterocycles. The first kappa shape index (κ1) is 11.2. The fourth-order valence-electron chi connectivity index (χ4n) is 1.80. The molecule has 0 atom stereocenters. The van der Waals surface area contributed by atoms with Gasteiger partial charge in [0.25, 0.3) is 0 Å². The second-order valence-electron chi connectivity index (χ2n) is 4.07. The molecule has 3 heteroatoms. The van der Waals surface area contributed by atoms with E-state index in [1.807, 2.05) is 17.9 Å². The van der Waals surface area contributed by atoms with Gasteiger partial charge in [-0.25, -0.2) is 0 Å². The third-order valence-corrected chi connectivity index (χ3v) is 3.26. The summed E-state index contributed by atoms with van der Waals surface area (Å²) in [5.41, 5.74) is 7.25. The van der Waals surface area contributed by atoms with Gasteiger partial charge in [0.05, 0.1) is 5.69 Å². The predicted octanol–water partition coefficient (Wildman–Crippen LogP) is 1.73. The lowest BCUT2D eigenvalue weighted by molar-refractivity contribution is 0.268. The molecule has 0 bridgehead atoms. The number of nitrogens with zero attached hydrogens (tertiary/aromatic N) is 2. The second-order valence-corrected chi connectivity index (χ2v) is 4.07. The van der Waals surface area contributed by atoms with Crippen LogP contribution in [0.4, 0.5) is 0 Å². The van der Waals surface area contributed by atoms with Crippen LogP contribution < -0.4 is 5.73 Å². The van der Waals surface area contributed by atoms with E-state index in [-0.39, 0.29) is 5.41 Å². The molecule has 0 spiro atoms. The summed E-state index contributed by atoms with van der Waals surface area (Å²) in [7, 11) is 1.95. The Kier molecular flexibility index (Phi) is 3.69. The van der Waals surface area contributed by atoms with E-state index in [9.17, 15) is 0 Å². The molecule has 14 heavy (non-hydrogen) atoms. The van der Waals surface area contributed by atoms with Gasteiger partial charge in [-0.2, -0.15) is 5.10 Å². The summed E-state index contributed by atoms with van der Waals surface area (Å²) in [4.78, 5) is 0. The number of hydrogen-bond acceptors (Lipinski definition) is 2. The minimum absolute atomic E-state index is 0.244. The minimum Gasteiger partial charge on any atom is -0.330 e. The van der Waals surface area contributed by atoms with E-state index in [4.69, 9.17) is 5.73 Å². The van der Waals surface area contributed by atoms with Gasteiger partial charge in [0, 0.05) is 13.2 Å². The van der Waals surface area contributed by atoms with Gasteiger partial charge in [0.1, 0.15) is 0 Å². The minimum atomic E-state index is 0.244. The fraction of sp³-hybridized carbons (Fsp3) is 0.727. The average Bonchev–Trinajstić information content (AvgIpc) is 2.61. The highest BCUT2D eigenvalue weighted by atomic mass is 15.2. The van der Waals surface area contributed by atoms with Gasteiger partial charge >= 0.3 is 0 Å². The predicted molar refractivity (Wildman–Crippen MR) is 59.0 cm³/mol. The van der Waals surface area contributed by atoms with Gasteiger partial charge in [-0.1, -0.05) is 13.8 Å².